The first-order chi connectivity index (χ1) is 32.0. The molecule has 0 saturated heterocycles. The van der Waals surface area contributed by atoms with Gasteiger partial charge in [0.25, 0.3) is 17.7 Å². The number of nitrogens with two attached hydrogens (primary N) is 2. The molecule has 0 fully saturated rings. The number of carbonyl (C=O) groups excluding carboxylic acids is 9. The minimum Gasteiger partial charge on any atom is -0.378 e. The first-order valence-corrected chi connectivity index (χ1v) is 24.5. The molecule has 8 amide bonds. The normalized spacial score (nSPS) is 14.4. The van der Waals surface area contributed by atoms with Gasteiger partial charge >= 0.3 is 0 Å². The molecular formula is C47H88N10O11. The van der Waals surface area contributed by atoms with Crippen molar-refractivity contribution in [1.29, 1.82) is 0 Å². The molecule has 0 aliphatic rings. The Labute approximate surface area is 404 Å². The summed E-state index contributed by atoms with van der Waals surface area (Å²) in [6.07, 6.45) is 8.42. The fourth-order valence-corrected chi connectivity index (χ4v) is 6.80. The molecule has 0 rings (SSSR count). The van der Waals surface area contributed by atoms with Crippen LogP contribution < -0.4 is 48.7 Å². The van der Waals surface area contributed by atoms with Gasteiger partial charge < -0.3 is 63.1 Å². The van der Waals surface area contributed by atoms with Gasteiger partial charge in [-0.2, -0.15) is 0 Å². The van der Waals surface area contributed by atoms with Crippen LogP contribution in [0.4, 0.5) is 0 Å². The first-order valence-electron chi connectivity index (χ1n) is 24.5. The van der Waals surface area contributed by atoms with E-state index in [1.165, 1.54) is 72.9 Å². The van der Waals surface area contributed by atoms with Crippen LogP contribution in [0, 0.1) is 17.8 Å². The molecule has 0 aliphatic heterocycles. The molecule has 0 bridgehead atoms. The predicted octanol–water partition coefficient (Wildman–Crippen LogP) is 1.00. The third kappa shape index (κ3) is 27.3. The molecular weight excluding hydrogens is 881 g/mol. The molecule has 0 aromatic rings. The van der Waals surface area contributed by atoms with E-state index in [2.05, 4.69) is 44.1 Å². The zero-order valence-corrected chi connectivity index (χ0v) is 42.9. The topological polar surface area (TPSA) is 312 Å². The average Bonchev–Trinajstić information content (AvgIpc) is 3.27. The summed E-state index contributed by atoms with van der Waals surface area (Å²) in [6, 6.07) is -4.95. The van der Waals surface area contributed by atoms with E-state index in [4.69, 9.17) is 20.9 Å². The third-order valence-electron chi connectivity index (χ3n) is 10.7. The second kappa shape index (κ2) is 35.4. The molecule has 0 aromatic heterocycles. The summed E-state index contributed by atoms with van der Waals surface area (Å²) in [6.45, 7) is 15.9. The smallest absolute Gasteiger partial charge is 0.289 e. The minimum atomic E-state index is -1.73. The highest BCUT2D eigenvalue weighted by atomic mass is 16.5. The van der Waals surface area contributed by atoms with Crippen LogP contribution in [0.25, 0.3) is 0 Å². The zero-order chi connectivity index (χ0) is 51.9. The van der Waals surface area contributed by atoms with Crippen molar-refractivity contribution < 1.29 is 52.6 Å². The van der Waals surface area contributed by atoms with Gasteiger partial charge in [-0.15, -0.1) is 0 Å². The number of hydrogen-bond acceptors (Lipinski definition) is 13. The lowest BCUT2D eigenvalue weighted by atomic mass is 10.0. The number of ether oxygens (including phenoxy) is 2. The van der Waals surface area contributed by atoms with Crippen molar-refractivity contribution in [1.82, 2.24) is 42.1 Å². The molecule has 7 atom stereocenters. The number of nitrogens with one attached hydrogen (secondary N) is 7. The summed E-state index contributed by atoms with van der Waals surface area (Å²) < 4.78 is 11.5. The number of ketones is 1. The van der Waals surface area contributed by atoms with Gasteiger partial charge in [-0.3, -0.25) is 43.2 Å². The highest BCUT2D eigenvalue weighted by Gasteiger charge is 2.36. The predicted molar refractivity (Wildman–Crippen MR) is 259 cm³/mol. The summed E-state index contributed by atoms with van der Waals surface area (Å²) in [5.74, 6) is -7.19. The van der Waals surface area contributed by atoms with Gasteiger partial charge in [0.05, 0.1) is 25.3 Å². The maximum Gasteiger partial charge on any atom is 0.289 e. The fourth-order valence-electron chi connectivity index (χ4n) is 6.80. The van der Waals surface area contributed by atoms with Crippen molar-refractivity contribution in [2.45, 2.75) is 188 Å². The minimum absolute atomic E-state index is 0.0358. The monoisotopic (exact) mass is 969 g/mol. The van der Waals surface area contributed by atoms with E-state index < -0.39 is 96.3 Å². The van der Waals surface area contributed by atoms with Crippen LogP contribution in [0.15, 0.2) is 0 Å². The average molecular weight is 969 g/mol. The highest BCUT2D eigenvalue weighted by Crippen LogP contribution is 2.13. The molecule has 0 heterocycles. The van der Waals surface area contributed by atoms with Crippen LogP contribution in [0.3, 0.4) is 0 Å². The second-order valence-electron chi connectivity index (χ2n) is 18.8. The van der Waals surface area contributed by atoms with Gasteiger partial charge in [-0.25, -0.2) is 0 Å². The van der Waals surface area contributed by atoms with E-state index in [0.717, 1.165) is 24.2 Å². The van der Waals surface area contributed by atoms with Crippen molar-refractivity contribution in [3.05, 3.63) is 0 Å². The zero-order valence-electron chi connectivity index (χ0n) is 42.9. The van der Waals surface area contributed by atoms with Gasteiger partial charge in [0.1, 0.15) is 18.1 Å². The lowest BCUT2D eigenvalue weighted by Gasteiger charge is -2.33. The SMILES string of the molecule is CCCCCCCCCCCCCC(=O)N[C@H](COCC(C)C)C(=O)N[C@H](N)C(=O)NCC(=O)N(C)[C@H](C(=O)N[C@@H](N)C(=O)N[C@@H](CC(C)C)C(=O)NC(C)C(=O)C(=O)NC)C(C)OCC(C)C. The Kier molecular flexibility index (Phi) is 32.9. The van der Waals surface area contributed by atoms with Crippen molar-refractivity contribution in [2.75, 3.05) is 40.5 Å². The lowest BCUT2D eigenvalue weighted by molar-refractivity contribution is -0.146. The number of hydrogen-bond donors (Lipinski definition) is 9. The lowest BCUT2D eigenvalue weighted by Crippen LogP contribution is -2.63. The van der Waals surface area contributed by atoms with Gasteiger partial charge in [-0.05, 0) is 44.4 Å². The Morgan fingerprint density at radius 3 is 1.60 bits per heavy atom. The molecule has 11 N–H and O–H groups in total. The Bertz CT molecular complexity index is 1580. The number of Topliss-reactive ketones (excluding diaryl/α,β-unsaturated/α-hetero) is 1. The Hall–Kier alpha value is -4.73. The molecule has 0 radical (unpaired) electrons. The van der Waals surface area contributed by atoms with Crippen LogP contribution in [0.2, 0.25) is 0 Å². The van der Waals surface area contributed by atoms with Crippen LogP contribution >= 0.6 is 0 Å². The number of amides is 8. The van der Waals surface area contributed by atoms with Crippen molar-refractivity contribution in [2.24, 2.45) is 29.2 Å². The molecule has 21 heteroatoms. The van der Waals surface area contributed by atoms with Gasteiger partial charge in [-0.1, -0.05) is 113 Å². The van der Waals surface area contributed by atoms with Gasteiger partial charge in [0.2, 0.25) is 35.3 Å². The maximum atomic E-state index is 13.8. The van der Waals surface area contributed by atoms with Crippen LogP contribution in [-0.4, -0.2) is 141 Å². The molecule has 68 heavy (non-hydrogen) atoms. The quantitative estimate of drug-likeness (QED) is 0.0239. The first kappa shape index (κ1) is 63.3. The fraction of sp³-hybridized carbons (Fsp3) is 0.809. The third-order valence-corrected chi connectivity index (χ3v) is 10.7. The summed E-state index contributed by atoms with van der Waals surface area (Å²) in [4.78, 5) is 118. The molecule has 0 aliphatic carbocycles. The van der Waals surface area contributed by atoms with Crippen molar-refractivity contribution in [3.63, 3.8) is 0 Å². The van der Waals surface area contributed by atoms with E-state index in [9.17, 15) is 43.2 Å². The number of carbonyl (C=O) groups is 9. The van der Waals surface area contributed by atoms with E-state index in [1.807, 2.05) is 27.7 Å². The number of likely N-dealkylation sites (N-methyl/N-ethyl adjacent to an activating group) is 2. The van der Waals surface area contributed by atoms with Gasteiger partial charge in [0, 0.05) is 33.7 Å². The molecule has 392 valence electrons. The summed E-state index contributed by atoms with van der Waals surface area (Å²) >= 11 is 0. The Morgan fingerprint density at radius 1 is 0.559 bits per heavy atom. The van der Waals surface area contributed by atoms with Crippen LogP contribution in [0.5, 0.6) is 0 Å². The van der Waals surface area contributed by atoms with E-state index >= 15 is 0 Å². The highest BCUT2D eigenvalue weighted by molar-refractivity contribution is 6.38. The van der Waals surface area contributed by atoms with E-state index in [-0.39, 0.29) is 49.7 Å². The largest absolute Gasteiger partial charge is 0.378 e. The van der Waals surface area contributed by atoms with Crippen molar-refractivity contribution in [3.8, 4) is 0 Å². The summed E-state index contributed by atoms with van der Waals surface area (Å²) in [5, 5.41) is 16.9. The Morgan fingerprint density at radius 2 is 1.07 bits per heavy atom. The maximum absolute atomic E-state index is 13.8. The van der Waals surface area contributed by atoms with E-state index in [1.54, 1.807) is 13.8 Å². The number of nitrogens with zero attached hydrogens (tertiary/aromatic N) is 1. The molecule has 21 nitrogen and oxygen atoms in total. The van der Waals surface area contributed by atoms with Crippen molar-refractivity contribution >= 4 is 53.0 Å². The molecule has 0 aromatic carbocycles. The van der Waals surface area contributed by atoms with E-state index in [0.29, 0.717) is 13.0 Å². The van der Waals surface area contributed by atoms with Gasteiger partial charge in [0.15, 0.2) is 12.3 Å². The van der Waals surface area contributed by atoms with Crippen LogP contribution in [0.1, 0.15) is 146 Å². The Balaban J connectivity index is 5.65. The summed E-state index contributed by atoms with van der Waals surface area (Å²) in [7, 11) is 2.55. The molecule has 0 spiro atoms. The van der Waals surface area contributed by atoms with Crippen LogP contribution in [-0.2, 0) is 52.6 Å². The number of unbranched alkanes of at least 4 members (excludes halogenated alkanes) is 10. The number of rotatable bonds is 37. The molecule has 0 saturated carbocycles. The molecule has 2 unspecified atom stereocenters. The second-order valence-corrected chi connectivity index (χ2v) is 18.8. The standard InChI is InChI=1S/C47H88N10O11/c1-12-13-14-15-16-17-18-19-20-21-22-23-36(58)53-35(28-67-26-30(4)5)43(62)55-40(48)46(65)51-25-37(59)57(11)38(33(9)68-27-31(6)7)44(63)56-41(49)47(66)54-34(24-29(2)3)42(61)52-32(8)39(60)45(64)50-10/h29-35,38,40-41H,12-28,48-49H2,1-11H3,(H,50,64)(H,51,65)(H,52,61)(H,53,58)(H,54,66)(H,55,62)(H,56,63)/t32?,33?,34-,35+,38-,40-,41+/m0/s1. The summed E-state index contributed by atoms with van der Waals surface area (Å²) in [5.41, 5.74) is 12.1.